The fraction of sp³-hybridized carbons (Fsp3) is 0.343. The van der Waals surface area contributed by atoms with E-state index in [1.807, 2.05) is 104 Å². The van der Waals surface area contributed by atoms with E-state index in [-0.39, 0.29) is 36.6 Å². The third-order valence-corrected chi connectivity index (χ3v) is 17.5. The quantitative estimate of drug-likeness (QED) is 0.0629. The van der Waals surface area contributed by atoms with Crippen molar-refractivity contribution in [3.05, 3.63) is 172 Å². The molecule has 0 spiro atoms. The molecule has 0 aliphatic carbocycles. The number of nitrogens with zero attached hydrogens (tertiary/aromatic N) is 5. The van der Waals surface area contributed by atoms with Crippen molar-refractivity contribution >= 4 is 73.4 Å². The number of aliphatic hydroxyl groups is 1. The number of esters is 1. The first-order valence-electron chi connectivity index (χ1n) is 29.1. The van der Waals surface area contributed by atoms with Crippen LogP contribution in [-0.4, -0.2) is 97.6 Å². The van der Waals surface area contributed by atoms with Crippen LogP contribution in [0.5, 0.6) is 11.5 Å². The number of aryl methyl sites for hydroxylation is 2. The minimum atomic E-state index is -4.89. The van der Waals surface area contributed by atoms with Crippen LogP contribution in [0.2, 0.25) is 0 Å². The van der Waals surface area contributed by atoms with Crippen LogP contribution in [0.1, 0.15) is 121 Å². The Balaban J connectivity index is 0.770. The van der Waals surface area contributed by atoms with Gasteiger partial charge in [-0.25, -0.2) is 19.7 Å². The van der Waals surface area contributed by atoms with Gasteiger partial charge in [-0.05, 0) is 147 Å². The lowest BCUT2D eigenvalue weighted by Crippen LogP contribution is -2.58. The molecule has 4 N–H and O–H groups in total. The van der Waals surface area contributed by atoms with Gasteiger partial charge >= 0.3 is 12.1 Å². The number of hydrogen-bond acceptors (Lipinski definition) is 14. The molecule has 458 valence electrons. The van der Waals surface area contributed by atoms with Gasteiger partial charge < -0.3 is 35.0 Å². The van der Waals surface area contributed by atoms with Crippen molar-refractivity contribution in [2.45, 2.75) is 130 Å². The highest BCUT2D eigenvalue weighted by Crippen LogP contribution is 2.39. The Hall–Kier alpha value is -8.53. The number of likely N-dealkylation sites (tertiary alicyclic amines) is 1. The van der Waals surface area contributed by atoms with Crippen LogP contribution < -0.4 is 25.6 Å². The number of aliphatic hydroxyl groups excluding tert-OH is 1. The molecule has 0 saturated carbocycles. The Bertz CT molecular complexity index is 3880. The third kappa shape index (κ3) is 14.4. The summed E-state index contributed by atoms with van der Waals surface area (Å²) in [5.41, 5.74) is 7.46. The molecule has 8 aromatic rings. The first-order chi connectivity index (χ1) is 41.8. The molecule has 5 aromatic carbocycles. The Morgan fingerprint density at radius 2 is 1.56 bits per heavy atom. The summed E-state index contributed by atoms with van der Waals surface area (Å²) < 4.78 is 57.2. The van der Waals surface area contributed by atoms with E-state index in [0.29, 0.717) is 77.1 Å². The number of fused-ring (bicyclic) bond motifs is 2. The first kappa shape index (κ1) is 62.5. The zero-order valence-electron chi connectivity index (χ0n) is 50.1. The van der Waals surface area contributed by atoms with E-state index >= 15 is 0 Å². The minimum Gasteiger partial charge on any atom is -0.457 e. The van der Waals surface area contributed by atoms with Gasteiger partial charge in [0.15, 0.2) is 16.9 Å². The molecular formula is C67H69F3N8O8S2. The predicted molar refractivity (Wildman–Crippen MR) is 335 cm³/mol. The van der Waals surface area contributed by atoms with Crippen molar-refractivity contribution in [3.8, 4) is 33.1 Å². The Morgan fingerprint density at radius 3 is 2.25 bits per heavy atom. The van der Waals surface area contributed by atoms with Crippen molar-refractivity contribution in [2.75, 3.05) is 23.3 Å². The summed E-state index contributed by atoms with van der Waals surface area (Å²) in [6.07, 6.45) is -4.78. The van der Waals surface area contributed by atoms with E-state index in [4.69, 9.17) is 14.5 Å². The van der Waals surface area contributed by atoms with Gasteiger partial charge in [-0.1, -0.05) is 105 Å². The van der Waals surface area contributed by atoms with Gasteiger partial charge in [0.05, 0.1) is 32.4 Å². The number of carbonyl (C=O) groups excluding carboxylic acids is 5. The average Bonchev–Trinajstić information content (AvgIpc) is 2.45. The van der Waals surface area contributed by atoms with Crippen LogP contribution in [0.3, 0.4) is 0 Å². The number of hydrogen-bond donors (Lipinski definition) is 4. The molecule has 1 saturated heterocycles. The lowest BCUT2D eigenvalue weighted by molar-refractivity contribution is -0.165. The SMILES string of the molecule is Cc1ncsc1-c1ccc([C@@H](NC(=O)[C@@H]2C[C@@H](O)CN2C(=O)[C@@H](NC(=O)CCCc2ccc(Oc3cccc(-c4ccc(N5CCc6cccc(C(=O)Nc7nc8ccccc8s7)c6C5)nc4C(=O)OC(C)(C)C)c3C)cc2)C(C)(C)C)C(F)(F)F)cc1. The molecule has 3 aromatic heterocycles. The number of β-amino-alcohol motifs (C(OH)–C–C–N with tert-alkyl or cyclic N) is 1. The number of anilines is 2. The smallest absolute Gasteiger partial charge is 0.412 e. The molecule has 2 aliphatic rings. The number of thiazole rings is 2. The van der Waals surface area contributed by atoms with E-state index < -0.39 is 65.1 Å². The fourth-order valence-electron chi connectivity index (χ4n) is 11.1. The Labute approximate surface area is 516 Å². The van der Waals surface area contributed by atoms with Crippen molar-refractivity contribution in [2.24, 2.45) is 5.41 Å². The maximum absolute atomic E-state index is 14.6. The van der Waals surface area contributed by atoms with Crippen LogP contribution in [0.4, 0.5) is 24.1 Å². The van der Waals surface area contributed by atoms with Crippen LogP contribution in [0.15, 0.2) is 127 Å². The number of rotatable bonds is 17. The standard InChI is InChI=1S/C67H69F3N8O8S2/c1-38-46(47-30-31-54(73-56(47)63(84)86-66(6,7)8)77-33-32-41-15-12-17-48(49(41)36-77)60(81)76-64-72-50-18-9-10-20-53(50)88-64)16-13-19-52(38)85-45-28-22-40(23-29-45)14-11-21-55(80)74-59(65(3,4)5)62(83)78-35-44(79)34-51(78)61(82)75-58(67(68,69)70)43-26-24-42(25-27-43)57-39(2)71-37-87-57/h9-10,12-13,15-20,22-31,37,44,51,58-59,79H,11,14,21,32-36H2,1-8H3,(H,74,80)(H,75,82)(H,72,76,81)/t44-,51+,58-,59-/m1/s1. The molecule has 21 heteroatoms. The number of benzene rings is 5. The fourth-order valence-corrected chi connectivity index (χ4v) is 12.7. The second-order valence-corrected chi connectivity index (χ2v) is 26.2. The van der Waals surface area contributed by atoms with E-state index in [1.165, 1.54) is 46.9 Å². The number of para-hydroxylation sites is 1. The number of amides is 4. The summed E-state index contributed by atoms with van der Waals surface area (Å²) in [6, 6.07) is 30.9. The van der Waals surface area contributed by atoms with Crippen LogP contribution in [0, 0.1) is 19.3 Å². The normalized spacial score (nSPS) is 16.0. The molecule has 1 fully saturated rings. The zero-order valence-corrected chi connectivity index (χ0v) is 51.7. The molecule has 2 aliphatic heterocycles. The van der Waals surface area contributed by atoms with E-state index in [2.05, 4.69) is 30.8 Å². The maximum Gasteiger partial charge on any atom is 0.412 e. The monoisotopic (exact) mass is 1230 g/mol. The highest BCUT2D eigenvalue weighted by atomic mass is 32.1. The lowest BCUT2D eigenvalue weighted by Gasteiger charge is -2.35. The number of nitrogens with one attached hydrogen (secondary N) is 3. The topological polar surface area (TPSA) is 205 Å². The van der Waals surface area contributed by atoms with Gasteiger partial charge in [0, 0.05) is 43.6 Å². The molecular weight excluding hydrogens is 1170 g/mol. The molecule has 4 amide bonds. The van der Waals surface area contributed by atoms with E-state index in [0.717, 1.165) is 47.9 Å². The Kier molecular flexibility index (Phi) is 18.2. The van der Waals surface area contributed by atoms with Crippen molar-refractivity contribution in [1.29, 1.82) is 0 Å². The predicted octanol–water partition coefficient (Wildman–Crippen LogP) is 12.9. The van der Waals surface area contributed by atoms with Gasteiger partial charge in [-0.3, -0.25) is 24.5 Å². The maximum atomic E-state index is 14.6. The van der Waals surface area contributed by atoms with E-state index in [1.54, 1.807) is 54.0 Å². The lowest BCUT2D eigenvalue weighted by atomic mass is 9.85. The second kappa shape index (κ2) is 25.7. The molecule has 88 heavy (non-hydrogen) atoms. The summed E-state index contributed by atoms with van der Waals surface area (Å²) in [4.78, 5) is 87.4. The van der Waals surface area contributed by atoms with Gasteiger partial charge in [0.2, 0.25) is 17.7 Å². The average molecular weight is 1240 g/mol. The summed E-state index contributed by atoms with van der Waals surface area (Å²) in [5, 5.41) is 19.2. The second-order valence-electron chi connectivity index (χ2n) is 24.3. The van der Waals surface area contributed by atoms with Gasteiger partial charge in [0.1, 0.15) is 35.0 Å². The number of pyridine rings is 1. The number of halogens is 3. The molecule has 0 radical (unpaired) electrons. The van der Waals surface area contributed by atoms with Crippen molar-refractivity contribution in [3.63, 3.8) is 0 Å². The molecule has 10 rings (SSSR count). The first-order valence-corrected chi connectivity index (χ1v) is 30.8. The summed E-state index contributed by atoms with van der Waals surface area (Å²) >= 11 is 2.77. The third-order valence-electron chi connectivity index (χ3n) is 15.6. The van der Waals surface area contributed by atoms with Gasteiger partial charge in [-0.2, -0.15) is 13.2 Å². The largest absolute Gasteiger partial charge is 0.457 e. The molecule has 16 nitrogen and oxygen atoms in total. The summed E-state index contributed by atoms with van der Waals surface area (Å²) in [5.74, 6) is -1.43. The molecule has 4 atom stereocenters. The number of aromatic nitrogens is 3. The number of ether oxygens (including phenoxy) is 2. The highest BCUT2D eigenvalue weighted by Gasteiger charge is 2.48. The molecule has 0 bridgehead atoms. The van der Waals surface area contributed by atoms with Gasteiger partial charge in [-0.15, -0.1) is 11.3 Å². The molecule has 0 unspecified atom stereocenters. The van der Waals surface area contributed by atoms with E-state index in [9.17, 15) is 42.3 Å². The van der Waals surface area contributed by atoms with Crippen LogP contribution in [-0.2, 0) is 38.5 Å². The van der Waals surface area contributed by atoms with Crippen molar-refractivity contribution in [1.82, 2.24) is 30.5 Å². The highest BCUT2D eigenvalue weighted by molar-refractivity contribution is 7.22. The summed E-state index contributed by atoms with van der Waals surface area (Å²) in [6.45, 7) is 15.0. The molecule has 5 heterocycles. The van der Waals surface area contributed by atoms with Crippen LogP contribution in [0.25, 0.3) is 31.8 Å². The van der Waals surface area contributed by atoms with Crippen LogP contribution >= 0.6 is 22.7 Å². The Morgan fingerprint density at radius 1 is 0.818 bits per heavy atom. The minimum absolute atomic E-state index is 0.0322. The number of alkyl halides is 3. The van der Waals surface area contributed by atoms with Crippen molar-refractivity contribution < 1.29 is 51.7 Å². The number of carbonyl (C=O) groups is 5. The summed E-state index contributed by atoms with van der Waals surface area (Å²) in [7, 11) is 0. The van der Waals surface area contributed by atoms with Gasteiger partial charge in [0.25, 0.3) is 5.91 Å². The zero-order chi connectivity index (χ0) is 62.8.